The van der Waals surface area contributed by atoms with Crippen LogP contribution in [0.5, 0.6) is 0 Å². The SMILES string of the molecule is CC1CN(CCCCNC(=O)N(C)c2ccc(F)cc2)CC(C)O1. The Hall–Kier alpha value is -1.66. The zero-order valence-electron chi connectivity index (χ0n) is 14.8. The molecule has 1 N–H and O–H groups in total. The van der Waals surface area contributed by atoms with Crippen molar-refractivity contribution in [3.05, 3.63) is 30.1 Å². The highest BCUT2D eigenvalue weighted by molar-refractivity contribution is 5.91. The van der Waals surface area contributed by atoms with Gasteiger partial charge in [-0.25, -0.2) is 9.18 Å². The highest BCUT2D eigenvalue weighted by Gasteiger charge is 2.21. The summed E-state index contributed by atoms with van der Waals surface area (Å²) in [5.41, 5.74) is 0.671. The van der Waals surface area contributed by atoms with Gasteiger partial charge >= 0.3 is 6.03 Å². The molecule has 134 valence electrons. The molecular formula is C18H28FN3O2. The number of carbonyl (C=O) groups excluding carboxylic acids is 1. The number of hydrogen-bond donors (Lipinski definition) is 1. The van der Waals surface area contributed by atoms with Crippen LogP contribution in [0.3, 0.4) is 0 Å². The lowest BCUT2D eigenvalue weighted by Gasteiger charge is -2.35. The number of nitrogens with zero attached hydrogens (tertiary/aromatic N) is 2. The smallest absolute Gasteiger partial charge is 0.321 e. The highest BCUT2D eigenvalue weighted by Crippen LogP contribution is 2.13. The summed E-state index contributed by atoms with van der Waals surface area (Å²) in [6, 6.07) is 5.72. The van der Waals surface area contributed by atoms with Crippen LogP contribution in [-0.4, -0.2) is 56.4 Å². The Kier molecular flexibility index (Phi) is 6.99. The second kappa shape index (κ2) is 8.99. The van der Waals surface area contributed by atoms with Crippen LogP contribution in [0.4, 0.5) is 14.9 Å². The highest BCUT2D eigenvalue weighted by atomic mass is 19.1. The van der Waals surface area contributed by atoms with Gasteiger partial charge in [-0.1, -0.05) is 0 Å². The molecule has 0 aromatic heterocycles. The molecule has 1 aromatic rings. The maximum Gasteiger partial charge on any atom is 0.321 e. The molecule has 0 radical (unpaired) electrons. The van der Waals surface area contributed by atoms with Gasteiger partial charge in [-0.15, -0.1) is 0 Å². The fourth-order valence-electron chi connectivity index (χ4n) is 3.02. The molecule has 1 aliphatic heterocycles. The molecule has 0 spiro atoms. The largest absolute Gasteiger partial charge is 0.373 e. The van der Waals surface area contributed by atoms with E-state index in [0.29, 0.717) is 12.2 Å². The van der Waals surface area contributed by atoms with Gasteiger partial charge in [-0.3, -0.25) is 9.80 Å². The molecule has 2 atom stereocenters. The van der Waals surface area contributed by atoms with E-state index >= 15 is 0 Å². The van der Waals surface area contributed by atoms with E-state index in [4.69, 9.17) is 4.74 Å². The number of amides is 2. The Balaban J connectivity index is 1.63. The Bertz CT molecular complexity index is 514. The van der Waals surface area contributed by atoms with Crippen LogP contribution in [-0.2, 0) is 4.74 Å². The van der Waals surface area contributed by atoms with Crippen LogP contribution in [0, 0.1) is 5.82 Å². The Morgan fingerprint density at radius 2 is 1.88 bits per heavy atom. The number of unbranched alkanes of at least 4 members (excludes halogenated alkanes) is 1. The fourth-order valence-corrected chi connectivity index (χ4v) is 3.02. The van der Waals surface area contributed by atoms with Crippen molar-refractivity contribution in [3.63, 3.8) is 0 Å². The van der Waals surface area contributed by atoms with E-state index in [1.807, 2.05) is 0 Å². The number of benzene rings is 1. The third-order valence-corrected chi connectivity index (χ3v) is 4.19. The van der Waals surface area contributed by atoms with Gasteiger partial charge in [-0.2, -0.15) is 0 Å². The van der Waals surface area contributed by atoms with E-state index in [1.165, 1.54) is 17.0 Å². The lowest BCUT2D eigenvalue weighted by Crippen LogP contribution is -2.45. The minimum Gasteiger partial charge on any atom is -0.373 e. The van der Waals surface area contributed by atoms with E-state index in [2.05, 4.69) is 24.1 Å². The van der Waals surface area contributed by atoms with Gasteiger partial charge in [0.2, 0.25) is 0 Å². The van der Waals surface area contributed by atoms with Crippen molar-refractivity contribution < 1.29 is 13.9 Å². The monoisotopic (exact) mass is 337 g/mol. The second-order valence-corrected chi connectivity index (χ2v) is 6.49. The molecule has 1 aromatic carbocycles. The molecule has 6 heteroatoms. The van der Waals surface area contributed by atoms with Crippen LogP contribution in [0.1, 0.15) is 26.7 Å². The lowest BCUT2D eigenvalue weighted by atomic mass is 10.2. The number of carbonyl (C=O) groups is 1. The Morgan fingerprint density at radius 1 is 1.25 bits per heavy atom. The summed E-state index contributed by atoms with van der Waals surface area (Å²) in [6.07, 6.45) is 2.55. The number of anilines is 1. The van der Waals surface area contributed by atoms with E-state index in [1.54, 1.807) is 19.2 Å². The molecule has 1 saturated heterocycles. The number of halogens is 1. The van der Waals surface area contributed by atoms with Gasteiger partial charge in [-0.05, 0) is 57.5 Å². The van der Waals surface area contributed by atoms with Crippen LogP contribution < -0.4 is 10.2 Å². The van der Waals surface area contributed by atoms with Gasteiger partial charge in [0, 0.05) is 32.4 Å². The molecule has 24 heavy (non-hydrogen) atoms. The molecule has 0 bridgehead atoms. The van der Waals surface area contributed by atoms with Crippen molar-refractivity contribution in [3.8, 4) is 0 Å². The fraction of sp³-hybridized carbons (Fsp3) is 0.611. The summed E-state index contributed by atoms with van der Waals surface area (Å²) in [5.74, 6) is -0.306. The van der Waals surface area contributed by atoms with Crippen molar-refractivity contribution in [2.75, 3.05) is 38.1 Å². The van der Waals surface area contributed by atoms with Gasteiger partial charge in [0.05, 0.1) is 12.2 Å². The number of rotatable bonds is 6. The van der Waals surface area contributed by atoms with Crippen molar-refractivity contribution in [2.45, 2.75) is 38.9 Å². The first-order chi connectivity index (χ1) is 11.5. The maximum absolute atomic E-state index is 12.9. The van der Waals surface area contributed by atoms with Crippen LogP contribution in [0.25, 0.3) is 0 Å². The first-order valence-electron chi connectivity index (χ1n) is 8.60. The minimum atomic E-state index is -0.306. The topological polar surface area (TPSA) is 44.8 Å². The number of ether oxygens (including phenoxy) is 1. The van der Waals surface area contributed by atoms with Crippen molar-refractivity contribution in [1.29, 1.82) is 0 Å². The average molecular weight is 337 g/mol. The van der Waals surface area contributed by atoms with Gasteiger partial charge in [0.1, 0.15) is 5.82 Å². The van der Waals surface area contributed by atoms with Crippen molar-refractivity contribution in [1.82, 2.24) is 10.2 Å². The predicted octanol–water partition coefficient (Wildman–Crippen LogP) is 2.86. The maximum atomic E-state index is 12.9. The van der Waals surface area contributed by atoms with E-state index in [-0.39, 0.29) is 24.1 Å². The van der Waals surface area contributed by atoms with Crippen LogP contribution in [0.15, 0.2) is 24.3 Å². The predicted molar refractivity (Wildman–Crippen MR) is 93.9 cm³/mol. The Labute approximate surface area is 143 Å². The van der Waals surface area contributed by atoms with Crippen LogP contribution >= 0.6 is 0 Å². The number of hydrogen-bond acceptors (Lipinski definition) is 3. The molecule has 5 nitrogen and oxygen atoms in total. The standard InChI is InChI=1S/C18H28FN3O2/c1-14-12-22(13-15(2)24-14)11-5-4-10-20-18(23)21(3)17-8-6-16(19)7-9-17/h6-9,14-15H,4-5,10-13H2,1-3H3,(H,20,23). The van der Waals surface area contributed by atoms with Gasteiger partial charge in [0.15, 0.2) is 0 Å². The first kappa shape index (κ1) is 18.7. The summed E-state index contributed by atoms with van der Waals surface area (Å²) < 4.78 is 18.6. The van der Waals surface area contributed by atoms with E-state index in [9.17, 15) is 9.18 Å². The zero-order chi connectivity index (χ0) is 17.5. The summed E-state index contributed by atoms with van der Waals surface area (Å²) >= 11 is 0. The molecule has 0 saturated carbocycles. The minimum absolute atomic E-state index is 0.171. The molecule has 1 fully saturated rings. The molecule has 0 aliphatic carbocycles. The molecule has 2 amide bonds. The van der Waals surface area contributed by atoms with E-state index in [0.717, 1.165) is 32.5 Å². The summed E-state index contributed by atoms with van der Waals surface area (Å²) in [5, 5.41) is 2.90. The quantitative estimate of drug-likeness (QED) is 0.812. The summed E-state index contributed by atoms with van der Waals surface area (Å²) in [7, 11) is 1.68. The number of nitrogens with one attached hydrogen (secondary N) is 1. The third kappa shape index (κ3) is 5.76. The summed E-state index contributed by atoms with van der Waals surface area (Å²) in [6.45, 7) is 7.83. The molecular weight excluding hydrogens is 309 g/mol. The van der Waals surface area contributed by atoms with Gasteiger partial charge in [0.25, 0.3) is 0 Å². The Morgan fingerprint density at radius 3 is 2.50 bits per heavy atom. The molecule has 1 aliphatic rings. The lowest BCUT2D eigenvalue weighted by molar-refractivity contribution is -0.0681. The van der Waals surface area contributed by atoms with Gasteiger partial charge < -0.3 is 10.1 Å². The third-order valence-electron chi connectivity index (χ3n) is 4.19. The van der Waals surface area contributed by atoms with E-state index < -0.39 is 0 Å². The van der Waals surface area contributed by atoms with Crippen molar-refractivity contribution in [2.24, 2.45) is 0 Å². The normalized spacial score (nSPS) is 21.5. The summed E-state index contributed by atoms with van der Waals surface area (Å²) in [4.78, 5) is 16.0. The number of morpholine rings is 1. The second-order valence-electron chi connectivity index (χ2n) is 6.49. The molecule has 2 rings (SSSR count). The van der Waals surface area contributed by atoms with Crippen molar-refractivity contribution >= 4 is 11.7 Å². The first-order valence-corrected chi connectivity index (χ1v) is 8.60. The van der Waals surface area contributed by atoms with Crippen LogP contribution in [0.2, 0.25) is 0 Å². The number of urea groups is 1. The average Bonchev–Trinajstić information content (AvgIpc) is 2.53. The molecule has 1 heterocycles. The zero-order valence-corrected chi connectivity index (χ0v) is 14.8. The molecule has 2 unspecified atom stereocenters.